The lowest BCUT2D eigenvalue weighted by Gasteiger charge is -2.25. The van der Waals surface area contributed by atoms with Gasteiger partial charge in [0.1, 0.15) is 11.6 Å². The van der Waals surface area contributed by atoms with Gasteiger partial charge in [-0.1, -0.05) is 13.3 Å². The molecule has 1 N–H and O–H groups in total. The lowest BCUT2D eigenvalue weighted by molar-refractivity contribution is -0.123. The number of halogens is 1. The summed E-state index contributed by atoms with van der Waals surface area (Å²) >= 11 is 0. The molecule has 1 aliphatic rings. The minimum absolute atomic E-state index is 0.199. The largest absolute Gasteiger partial charge is 0.478 e. The Balaban J connectivity index is 2.26. The third-order valence-corrected chi connectivity index (χ3v) is 2.31. The SMILES string of the molecule is CCCC1Oc2ccc(F)cc2NC1=O. The van der Waals surface area contributed by atoms with E-state index in [9.17, 15) is 9.18 Å². The summed E-state index contributed by atoms with van der Waals surface area (Å²) in [6.45, 7) is 1.98. The highest BCUT2D eigenvalue weighted by Gasteiger charge is 2.26. The highest BCUT2D eigenvalue weighted by atomic mass is 19.1. The number of carbonyl (C=O) groups is 1. The van der Waals surface area contributed by atoms with Crippen molar-refractivity contribution in [1.29, 1.82) is 0 Å². The molecule has 0 saturated carbocycles. The molecule has 1 unspecified atom stereocenters. The number of fused-ring (bicyclic) bond motifs is 1. The maximum Gasteiger partial charge on any atom is 0.265 e. The Morgan fingerprint density at radius 2 is 2.33 bits per heavy atom. The molecule has 0 aromatic heterocycles. The predicted octanol–water partition coefficient (Wildman–Crippen LogP) is 2.33. The Hall–Kier alpha value is -1.58. The molecule has 2 rings (SSSR count). The molecule has 0 spiro atoms. The van der Waals surface area contributed by atoms with Crippen LogP contribution in [0.15, 0.2) is 18.2 Å². The highest BCUT2D eigenvalue weighted by molar-refractivity contribution is 5.97. The summed E-state index contributed by atoms with van der Waals surface area (Å²) in [5.41, 5.74) is 0.410. The molecule has 0 saturated heterocycles. The van der Waals surface area contributed by atoms with E-state index in [2.05, 4.69) is 5.32 Å². The molecule has 1 aliphatic heterocycles. The molecule has 80 valence electrons. The molecular weight excluding hydrogens is 197 g/mol. The standard InChI is InChI=1S/C11H12FNO2/c1-2-3-10-11(14)13-8-6-7(12)4-5-9(8)15-10/h4-6,10H,2-3H2,1H3,(H,13,14). The summed E-state index contributed by atoms with van der Waals surface area (Å²) < 4.78 is 18.3. The average Bonchev–Trinajstić information content (AvgIpc) is 2.20. The van der Waals surface area contributed by atoms with Crippen molar-refractivity contribution in [3.63, 3.8) is 0 Å². The van der Waals surface area contributed by atoms with Crippen LogP contribution in [0.1, 0.15) is 19.8 Å². The number of hydrogen-bond acceptors (Lipinski definition) is 2. The van der Waals surface area contributed by atoms with Gasteiger partial charge in [0, 0.05) is 6.07 Å². The van der Waals surface area contributed by atoms with Crippen LogP contribution in [0.3, 0.4) is 0 Å². The van der Waals surface area contributed by atoms with Crippen LogP contribution in [0.4, 0.5) is 10.1 Å². The Morgan fingerprint density at radius 3 is 3.07 bits per heavy atom. The predicted molar refractivity (Wildman–Crippen MR) is 54.4 cm³/mol. The molecule has 0 radical (unpaired) electrons. The number of carbonyl (C=O) groups excluding carboxylic acids is 1. The fourth-order valence-corrected chi connectivity index (χ4v) is 1.57. The first kappa shape index (κ1) is 9.96. The van der Waals surface area contributed by atoms with Gasteiger partial charge in [-0.25, -0.2) is 4.39 Å². The average molecular weight is 209 g/mol. The summed E-state index contributed by atoms with van der Waals surface area (Å²) in [5.74, 6) is -0.0454. The smallest absolute Gasteiger partial charge is 0.265 e. The maximum atomic E-state index is 12.9. The van der Waals surface area contributed by atoms with Crippen LogP contribution in [0.2, 0.25) is 0 Å². The minimum Gasteiger partial charge on any atom is -0.478 e. The first-order valence-electron chi connectivity index (χ1n) is 4.97. The van der Waals surface area contributed by atoms with Crippen LogP contribution in [0.25, 0.3) is 0 Å². The summed E-state index contributed by atoms with van der Waals surface area (Å²) in [6.07, 6.45) is 1.09. The van der Waals surface area contributed by atoms with Crippen LogP contribution in [0, 0.1) is 5.82 Å². The Kier molecular flexibility index (Phi) is 2.58. The number of hydrogen-bond donors (Lipinski definition) is 1. The van der Waals surface area contributed by atoms with Gasteiger partial charge in [-0.05, 0) is 18.6 Å². The second-order valence-corrected chi connectivity index (χ2v) is 3.52. The molecule has 3 nitrogen and oxygen atoms in total. The summed E-state index contributed by atoms with van der Waals surface area (Å²) in [5, 5.41) is 2.63. The van der Waals surface area contributed by atoms with Gasteiger partial charge in [0.25, 0.3) is 5.91 Å². The number of rotatable bonds is 2. The first-order chi connectivity index (χ1) is 7.20. The van der Waals surface area contributed by atoms with Crippen molar-refractivity contribution in [3.8, 4) is 5.75 Å². The number of anilines is 1. The Morgan fingerprint density at radius 1 is 1.53 bits per heavy atom. The van der Waals surface area contributed by atoms with Crippen LogP contribution in [-0.4, -0.2) is 12.0 Å². The van der Waals surface area contributed by atoms with Crippen molar-refractivity contribution in [3.05, 3.63) is 24.0 Å². The zero-order chi connectivity index (χ0) is 10.8. The van der Waals surface area contributed by atoms with E-state index in [1.54, 1.807) is 0 Å². The van der Waals surface area contributed by atoms with E-state index in [-0.39, 0.29) is 11.7 Å². The van der Waals surface area contributed by atoms with Gasteiger partial charge in [-0.2, -0.15) is 0 Å². The van der Waals surface area contributed by atoms with Gasteiger partial charge in [-0.15, -0.1) is 0 Å². The molecule has 0 fully saturated rings. The number of benzene rings is 1. The van der Waals surface area contributed by atoms with Crippen molar-refractivity contribution in [2.75, 3.05) is 5.32 Å². The molecule has 1 heterocycles. The van der Waals surface area contributed by atoms with Crippen molar-refractivity contribution >= 4 is 11.6 Å². The fourth-order valence-electron chi connectivity index (χ4n) is 1.57. The van der Waals surface area contributed by atoms with E-state index in [1.165, 1.54) is 18.2 Å². The van der Waals surface area contributed by atoms with E-state index < -0.39 is 6.10 Å². The van der Waals surface area contributed by atoms with Crippen LogP contribution >= 0.6 is 0 Å². The summed E-state index contributed by atoms with van der Waals surface area (Å²) in [7, 11) is 0. The third-order valence-electron chi connectivity index (χ3n) is 2.31. The molecule has 1 amide bonds. The lowest BCUT2D eigenvalue weighted by Crippen LogP contribution is -2.36. The van der Waals surface area contributed by atoms with Gasteiger partial charge in [-0.3, -0.25) is 4.79 Å². The quantitative estimate of drug-likeness (QED) is 0.811. The van der Waals surface area contributed by atoms with E-state index in [0.717, 1.165) is 6.42 Å². The van der Waals surface area contributed by atoms with Crippen molar-refractivity contribution in [2.24, 2.45) is 0 Å². The van der Waals surface area contributed by atoms with E-state index in [1.807, 2.05) is 6.92 Å². The first-order valence-corrected chi connectivity index (χ1v) is 4.97. The van der Waals surface area contributed by atoms with Gasteiger partial charge in [0.05, 0.1) is 5.69 Å². The van der Waals surface area contributed by atoms with E-state index in [0.29, 0.717) is 17.9 Å². The lowest BCUT2D eigenvalue weighted by atomic mass is 10.1. The molecule has 4 heteroatoms. The van der Waals surface area contributed by atoms with Gasteiger partial charge in [0.2, 0.25) is 0 Å². The molecule has 1 aromatic rings. The maximum absolute atomic E-state index is 12.9. The summed E-state index contributed by atoms with van der Waals surface area (Å²) in [4.78, 5) is 11.5. The molecular formula is C11H12FNO2. The second kappa shape index (κ2) is 3.88. The Labute approximate surface area is 87.2 Å². The fraction of sp³-hybridized carbons (Fsp3) is 0.364. The Bertz CT molecular complexity index is 392. The van der Waals surface area contributed by atoms with E-state index in [4.69, 9.17) is 4.74 Å². The van der Waals surface area contributed by atoms with Crippen LogP contribution in [-0.2, 0) is 4.79 Å². The van der Waals surface area contributed by atoms with Crippen LogP contribution in [0.5, 0.6) is 5.75 Å². The number of amides is 1. The summed E-state index contributed by atoms with van der Waals surface area (Å²) in [6, 6.07) is 4.11. The molecule has 1 aromatic carbocycles. The van der Waals surface area contributed by atoms with Crippen molar-refractivity contribution < 1.29 is 13.9 Å². The molecule has 0 bridgehead atoms. The van der Waals surface area contributed by atoms with Gasteiger partial charge >= 0.3 is 0 Å². The topological polar surface area (TPSA) is 38.3 Å². The third kappa shape index (κ3) is 1.93. The zero-order valence-corrected chi connectivity index (χ0v) is 8.42. The molecule has 0 aliphatic carbocycles. The minimum atomic E-state index is -0.451. The number of nitrogens with one attached hydrogen (secondary N) is 1. The van der Waals surface area contributed by atoms with Crippen LogP contribution < -0.4 is 10.1 Å². The van der Waals surface area contributed by atoms with Gasteiger partial charge in [0.15, 0.2) is 6.10 Å². The highest BCUT2D eigenvalue weighted by Crippen LogP contribution is 2.30. The number of ether oxygens (including phenoxy) is 1. The van der Waals surface area contributed by atoms with E-state index >= 15 is 0 Å². The normalized spacial score (nSPS) is 19.1. The monoisotopic (exact) mass is 209 g/mol. The second-order valence-electron chi connectivity index (χ2n) is 3.52. The molecule has 1 atom stereocenters. The van der Waals surface area contributed by atoms with Gasteiger partial charge < -0.3 is 10.1 Å². The van der Waals surface area contributed by atoms with Crippen molar-refractivity contribution in [1.82, 2.24) is 0 Å². The van der Waals surface area contributed by atoms with Crippen molar-refractivity contribution in [2.45, 2.75) is 25.9 Å². The zero-order valence-electron chi connectivity index (χ0n) is 8.42. The molecule has 15 heavy (non-hydrogen) atoms.